The van der Waals surface area contributed by atoms with E-state index in [0.717, 1.165) is 6.20 Å². The zero-order chi connectivity index (χ0) is 12.8. The molecule has 0 bridgehead atoms. The standard InChI is InChI=1S/C9H13ClFN5O/c1-16(2)9(17)13-4-3-12-7-6(11)5-14-8(10)15-7/h5H,3-4H2,1-2H3,(H,13,17)(H,12,14,15). The number of nitrogens with zero attached hydrogens (tertiary/aromatic N) is 3. The van der Waals surface area contributed by atoms with Gasteiger partial charge in [-0.1, -0.05) is 0 Å². The summed E-state index contributed by atoms with van der Waals surface area (Å²) in [5.41, 5.74) is 0. The lowest BCUT2D eigenvalue weighted by atomic mass is 10.5. The molecule has 0 fully saturated rings. The molecule has 0 unspecified atom stereocenters. The number of urea groups is 1. The van der Waals surface area contributed by atoms with Crippen LogP contribution in [0.5, 0.6) is 0 Å². The number of rotatable bonds is 4. The van der Waals surface area contributed by atoms with E-state index in [0.29, 0.717) is 13.1 Å². The first-order chi connectivity index (χ1) is 8.00. The maximum absolute atomic E-state index is 13.1. The van der Waals surface area contributed by atoms with Crippen molar-refractivity contribution in [1.82, 2.24) is 20.2 Å². The van der Waals surface area contributed by atoms with Crippen LogP contribution >= 0.6 is 11.6 Å². The van der Waals surface area contributed by atoms with E-state index in [1.165, 1.54) is 4.90 Å². The first kappa shape index (κ1) is 13.4. The Kier molecular flexibility index (Phi) is 4.89. The number of amides is 2. The number of carbonyl (C=O) groups excluding carboxylic acids is 1. The molecule has 0 aliphatic heterocycles. The van der Waals surface area contributed by atoms with Crippen LogP contribution in [0.4, 0.5) is 15.0 Å². The third-order valence-electron chi connectivity index (χ3n) is 1.81. The van der Waals surface area contributed by atoms with Crippen LogP contribution in [0.25, 0.3) is 0 Å². The van der Waals surface area contributed by atoms with Crippen molar-refractivity contribution in [2.75, 3.05) is 32.5 Å². The average molecular weight is 262 g/mol. The van der Waals surface area contributed by atoms with E-state index in [1.54, 1.807) is 14.1 Å². The molecular formula is C9H13ClFN5O. The van der Waals surface area contributed by atoms with Crippen LogP contribution < -0.4 is 10.6 Å². The molecule has 0 aromatic carbocycles. The molecule has 2 N–H and O–H groups in total. The van der Waals surface area contributed by atoms with E-state index in [1.807, 2.05) is 0 Å². The van der Waals surface area contributed by atoms with Gasteiger partial charge in [0.05, 0.1) is 6.20 Å². The van der Waals surface area contributed by atoms with Crippen LogP contribution in [0, 0.1) is 5.82 Å². The third-order valence-corrected chi connectivity index (χ3v) is 2.00. The molecule has 0 spiro atoms. The summed E-state index contributed by atoms with van der Waals surface area (Å²) in [5.74, 6) is -0.572. The normalized spacial score (nSPS) is 9.88. The van der Waals surface area contributed by atoms with Gasteiger partial charge in [0.15, 0.2) is 11.6 Å². The molecule has 0 aliphatic rings. The number of halogens is 2. The minimum atomic E-state index is -0.590. The first-order valence-electron chi connectivity index (χ1n) is 4.87. The Morgan fingerprint density at radius 3 is 2.88 bits per heavy atom. The second-order valence-corrected chi connectivity index (χ2v) is 3.73. The van der Waals surface area contributed by atoms with Gasteiger partial charge < -0.3 is 15.5 Å². The largest absolute Gasteiger partial charge is 0.366 e. The van der Waals surface area contributed by atoms with Gasteiger partial charge in [0.25, 0.3) is 0 Å². The van der Waals surface area contributed by atoms with Crippen molar-refractivity contribution in [3.63, 3.8) is 0 Å². The van der Waals surface area contributed by atoms with Gasteiger partial charge in [-0.25, -0.2) is 14.2 Å². The molecule has 0 atom stereocenters. The van der Waals surface area contributed by atoms with E-state index >= 15 is 0 Å². The molecule has 0 radical (unpaired) electrons. The SMILES string of the molecule is CN(C)C(=O)NCCNc1nc(Cl)ncc1F. The van der Waals surface area contributed by atoms with Crippen LogP contribution in [0.2, 0.25) is 5.28 Å². The summed E-state index contributed by atoms with van der Waals surface area (Å²) in [4.78, 5) is 19.7. The Hall–Kier alpha value is -1.63. The molecule has 94 valence electrons. The lowest BCUT2D eigenvalue weighted by Crippen LogP contribution is -2.37. The van der Waals surface area contributed by atoms with Crippen molar-refractivity contribution < 1.29 is 9.18 Å². The molecule has 1 aromatic heterocycles. The Balaban J connectivity index is 2.36. The van der Waals surface area contributed by atoms with Gasteiger partial charge in [0.1, 0.15) is 0 Å². The van der Waals surface area contributed by atoms with Gasteiger partial charge >= 0.3 is 6.03 Å². The lowest BCUT2D eigenvalue weighted by Gasteiger charge is -2.12. The fraction of sp³-hybridized carbons (Fsp3) is 0.444. The fourth-order valence-electron chi connectivity index (χ4n) is 0.978. The molecule has 0 saturated heterocycles. The number of hydrogen-bond donors (Lipinski definition) is 2. The predicted molar refractivity (Wildman–Crippen MR) is 62.6 cm³/mol. The van der Waals surface area contributed by atoms with Crippen LogP contribution in [0.15, 0.2) is 6.20 Å². The second kappa shape index (κ2) is 6.19. The molecule has 6 nitrogen and oxygen atoms in total. The zero-order valence-electron chi connectivity index (χ0n) is 9.50. The zero-order valence-corrected chi connectivity index (χ0v) is 10.3. The Morgan fingerprint density at radius 1 is 1.53 bits per heavy atom. The van der Waals surface area contributed by atoms with Crippen LogP contribution in [-0.2, 0) is 0 Å². The number of hydrogen-bond acceptors (Lipinski definition) is 4. The number of carbonyl (C=O) groups is 1. The van der Waals surface area contributed by atoms with Crippen molar-refractivity contribution >= 4 is 23.4 Å². The summed E-state index contributed by atoms with van der Waals surface area (Å²) in [5, 5.41) is 5.28. The van der Waals surface area contributed by atoms with E-state index < -0.39 is 5.82 Å². The van der Waals surface area contributed by atoms with Gasteiger partial charge in [-0.3, -0.25) is 0 Å². The van der Waals surface area contributed by atoms with Crippen molar-refractivity contribution in [2.24, 2.45) is 0 Å². The smallest absolute Gasteiger partial charge is 0.316 e. The van der Waals surface area contributed by atoms with Crippen LogP contribution in [-0.4, -0.2) is 48.1 Å². The van der Waals surface area contributed by atoms with Gasteiger partial charge in [-0.15, -0.1) is 0 Å². The van der Waals surface area contributed by atoms with Crippen LogP contribution in [0.1, 0.15) is 0 Å². The molecule has 0 aliphatic carbocycles. The third kappa shape index (κ3) is 4.39. The van der Waals surface area contributed by atoms with Crippen molar-refractivity contribution in [2.45, 2.75) is 0 Å². The Morgan fingerprint density at radius 2 is 2.24 bits per heavy atom. The fourth-order valence-corrected chi connectivity index (χ4v) is 1.11. The summed E-state index contributed by atoms with van der Waals surface area (Å²) in [7, 11) is 3.26. The second-order valence-electron chi connectivity index (χ2n) is 3.39. The molecular weight excluding hydrogens is 249 g/mol. The highest BCUT2D eigenvalue weighted by atomic mass is 35.5. The van der Waals surface area contributed by atoms with Gasteiger partial charge in [0, 0.05) is 27.2 Å². The van der Waals surface area contributed by atoms with Gasteiger partial charge in [0.2, 0.25) is 5.28 Å². The first-order valence-corrected chi connectivity index (χ1v) is 5.25. The minimum Gasteiger partial charge on any atom is -0.366 e. The molecule has 8 heteroatoms. The Labute approximate surface area is 103 Å². The minimum absolute atomic E-state index is 0.0177. The highest BCUT2D eigenvalue weighted by Gasteiger charge is 2.05. The Bertz CT molecular complexity index is 401. The predicted octanol–water partition coefficient (Wildman–Crippen LogP) is 0.952. The molecule has 0 saturated carbocycles. The summed E-state index contributed by atoms with van der Waals surface area (Å²) in [6.07, 6.45) is 0.982. The molecule has 1 heterocycles. The highest BCUT2D eigenvalue weighted by Crippen LogP contribution is 2.10. The lowest BCUT2D eigenvalue weighted by molar-refractivity contribution is 0.218. The van der Waals surface area contributed by atoms with Crippen molar-refractivity contribution in [3.8, 4) is 0 Å². The maximum atomic E-state index is 13.1. The maximum Gasteiger partial charge on any atom is 0.316 e. The molecule has 1 rings (SSSR count). The number of nitrogens with one attached hydrogen (secondary N) is 2. The average Bonchev–Trinajstić information content (AvgIpc) is 2.28. The monoisotopic (exact) mass is 261 g/mol. The summed E-state index contributed by atoms with van der Waals surface area (Å²) < 4.78 is 13.1. The molecule has 17 heavy (non-hydrogen) atoms. The van der Waals surface area contributed by atoms with E-state index in [9.17, 15) is 9.18 Å². The quantitative estimate of drug-likeness (QED) is 0.625. The summed E-state index contributed by atoms with van der Waals surface area (Å²) in [6, 6.07) is -0.215. The van der Waals surface area contributed by atoms with Crippen LogP contribution in [0.3, 0.4) is 0 Å². The van der Waals surface area contributed by atoms with E-state index in [2.05, 4.69) is 20.6 Å². The number of aromatic nitrogens is 2. The topological polar surface area (TPSA) is 70.2 Å². The number of anilines is 1. The van der Waals surface area contributed by atoms with Gasteiger partial charge in [-0.05, 0) is 11.6 Å². The van der Waals surface area contributed by atoms with Crippen molar-refractivity contribution in [3.05, 3.63) is 17.3 Å². The van der Waals surface area contributed by atoms with Gasteiger partial charge in [-0.2, -0.15) is 4.98 Å². The molecule has 1 aromatic rings. The molecule has 2 amide bonds. The van der Waals surface area contributed by atoms with E-state index in [-0.39, 0.29) is 17.1 Å². The summed E-state index contributed by atoms with van der Waals surface area (Å²) in [6.45, 7) is 0.682. The van der Waals surface area contributed by atoms with E-state index in [4.69, 9.17) is 11.6 Å². The summed E-state index contributed by atoms with van der Waals surface area (Å²) >= 11 is 5.52. The highest BCUT2D eigenvalue weighted by molar-refractivity contribution is 6.28. The van der Waals surface area contributed by atoms with Crippen molar-refractivity contribution in [1.29, 1.82) is 0 Å².